The van der Waals surface area contributed by atoms with E-state index in [2.05, 4.69) is 12.2 Å². The molecule has 29 heavy (non-hydrogen) atoms. The highest BCUT2D eigenvalue weighted by atomic mass is 35.5. The topological polar surface area (TPSA) is 49.4 Å². The molecule has 0 spiro atoms. The van der Waals surface area contributed by atoms with Gasteiger partial charge >= 0.3 is 0 Å². The van der Waals surface area contributed by atoms with E-state index in [1.54, 1.807) is 30.0 Å². The number of carbonyl (C=O) groups is 2. The summed E-state index contributed by atoms with van der Waals surface area (Å²) >= 11 is 12.1. The molecule has 0 aromatic heterocycles. The van der Waals surface area contributed by atoms with Crippen LogP contribution in [0.15, 0.2) is 42.5 Å². The van der Waals surface area contributed by atoms with Crippen LogP contribution < -0.4 is 5.32 Å². The molecule has 2 aromatic rings. The molecule has 0 bridgehead atoms. The summed E-state index contributed by atoms with van der Waals surface area (Å²) in [6.07, 6.45) is 2.06. The smallest absolute Gasteiger partial charge is 0.242 e. The number of nitrogens with one attached hydrogen (secondary N) is 1. The molecule has 4 nitrogen and oxygen atoms in total. The molecule has 6 heteroatoms. The van der Waals surface area contributed by atoms with E-state index in [1.165, 1.54) is 0 Å². The van der Waals surface area contributed by atoms with Crippen molar-refractivity contribution in [2.75, 3.05) is 6.54 Å². The maximum Gasteiger partial charge on any atom is 0.242 e. The largest absolute Gasteiger partial charge is 0.354 e. The van der Waals surface area contributed by atoms with E-state index in [-0.39, 0.29) is 18.2 Å². The molecule has 156 valence electrons. The number of benzene rings is 2. The molecular formula is C23H28Cl2N2O2. The Balaban J connectivity index is 2.22. The lowest BCUT2D eigenvalue weighted by atomic mass is 10.1. The Bertz CT molecular complexity index is 855. The molecule has 0 heterocycles. The van der Waals surface area contributed by atoms with Gasteiger partial charge in [0.05, 0.1) is 16.5 Å². The fourth-order valence-electron chi connectivity index (χ4n) is 3.02. The van der Waals surface area contributed by atoms with Gasteiger partial charge in [-0.1, -0.05) is 66.9 Å². The van der Waals surface area contributed by atoms with E-state index in [9.17, 15) is 9.59 Å². The van der Waals surface area contributed by atoms with Gasteiger partial charge in [-0.15, -0.1) is 0 Å². The maximum absolute atomic E-state index is 13.2. The van der Waals surface area contributed by atoms with Crippen molar-refractivity contribution in [3.05, 3.63) is 69.2 Å². The number of hydrogen-bond donors (Lipinski definition) is 1. The summed E-state index contributed by atoms with van der Waals surface area (Å²) in [7, 11) is 0. The van der Waals surface area contributed by atoms with Gasteiger partial charge in [0, 0.05) is 13.1 Å². The normalized spacial score (nSPS) is 11.8. The Morgan fingerprint density at radius 2 is 1.83 bits per heavy atom. The lowest BCUT2D eigenvalue weighted by Gasteiger charge is -2.29. The third kappa shape index (κ3) is 6.76. The van der Waals surface area contributed by atoms with Gasteiger partial charge in [0.2, 0.25) is 11.8 Å². The van der Waals surface area contributed by atoms with Crippen molar-refractivity contribution in [1.29, 1.82) is 0 Å². The second kappa shape index (κ2) is 11.2. The van der Waals surface area contributed by atoms with Crippen LogP contribution in [0.2, 0.25) is 10.0 Å². The highest BCUT2D eigenvalue weighted by Crippen LogP contribution is 2.23. The van der Waals surface area contributed by atoms with Crippen LogP contribution in [0, 0.1) is 6.92 Å². The molecule has 0 saturated carbocycles. The molecule has 0 aliphatic carbocycles. The second-order valence-corrected chi connectivity index (χ2v) is 8.01. The van der Waals surface area contributed by atoms with Gasteiger partial charge in [-0.25, -0.2) is 0 Å². The molecule has 0 fully saturated rings. The van der Waals surface area contributed by atoms with Crippen LogP contribution in [0.4, 0.5) is 0 Å². The van der Waals surface area contributed by atoms with Crippen molar-refractivity contribution in [3.63, 3.8) is 0 Å². The highest BCUT2D eigenvalue weighted by molar-refractivity contribution is 6.42. The highest BCUT2D eigenvalue weighted by Gasteiger charge is 2.26. The number of aryl methyl sites for hydroxylation is 1. The zero-order valence-corrected chi connectivity index (χ0v) is 18.7. The van der Waals surface area contributed by atoms with Crippen LogP contribution >= 0.6 is 23.2 Å². The van der Waals surface area contributed by atoms with Crippen LogP contribution in [0.25, 0.3) is 0 Å². The zero-order valence-electron chi connectivity index (χ0n) is 17.2. The molecule has 2 rings (SSSR count). The predicted octanol–water partition coefficient (Wildman–Crippen LogP) is 5.18. The Labute approximate surface area is 183 Å². The molecule has 1 atom stereocenters. The zero-order chi connectivity index (χ0) is 21.4. The number of amides is 2. The number of unbranched alkanes of at least 4 members (excludes halogenated alkanes) is 1. The third-order valence-electron chi connectivity index (χ3n) is 4.94. The molecule has 1 N–H and O–H groups in total. The van der Waals surface area contributed by atoms with Crippen molar-refractivity contribution >= 4 is 35.0 Å². The van der Waals surface area contributed by atoms with Crippen LogP contribution in [-0.2, 0) is 22.6 Å². The van der Waals surface area contributed by atoms with Gasteiger partial charge in [-0.2, -0.15) is 0 Å². The molecule has 0 radical (unpaired) electrons. The van der Waals surface area contributed by atoms with Crippen LogP contribution in [0.5, 0.6) is 0 Å². The van der Waals surface area contributed by atoms with Crippen LogP contribution in [0.3, 0.4) is 0 Å². The van der Waals surface area contributed by atoms with Gasteiger partial charge < -0.3 is 10.2 Å². The quantitative estimate of drug-likeness (QED) is 0.552. The van der Waals surface area contributed by atoms with Gasteiger partial charge in [0.1, 0.15) is 6.04 Å². The summed E-state index contributed by atoms with van der Waals surface area (Å²) in [6.45, 7) is 6.82. The summed E-state index contributed by atoms with van der Waals surface area (Å²) in [4.78, 5) is 27.4. The van der Waals surface area contributed by atoms with E-state index in [0.29, 0.717) is 23.1 Å². The first-order valence-electron chi connectivity index (χ1n) is 9.89. The van der Waals surface area contributed by atoms with Crippen molar-refractivity contribution in [1.82, 2.24) is 10.2 Å². The fourth-order valence-corrected chi connectivity index (χ4v) is 3.34. The van der Waals surface area contributed by atoms with Crippen molar-refractivity contribution in [2.45, 2.75) is 52.6 Å². The van der Waals surface area contributed by atoms with Gasteiger partial charge in [-0.3, -0.25) is 9.59 Å². The van der Waals surface area contributed by atoms with Crippen molar-refractivity contribution in [2.24, 2.45) is 0 Å². The molecule has 0 aliphatic rings. The third-order valence-corrected chi connectivity index (χ3v) is 5.68. The molecule has 0 aliphatic heterocycles. The number of rotatable bonds is 9. The van der Waals surface area contributed by atoms with E-state index in [0.717, 1.165) is 29.5 Å². The van der Waals surface area contributed by atoms with Crippen LogP contribution in [0.1, 0.15) is 43.4 Å². The second-order valence-electron chi connectivity index (χ2n) is 7.19. The van der Waals surface area contributed by atoms with E-state index < -0.39 is 6.04 Å². The summed E-state index contributed by atoms with van der Waals surface area (Å²) in [5, 5.41) is 3.79. The first-order chi connectivity index (χ1) is 13.8. The summed E-state index contributed by atoms with van der Waals surface area (Å²) in [5.41, 5.74) is 2.86. The Hall–Kier alpha value is -2.04. The Kier molecular flexibility index (Phi) is 8.99. The minimum atomic E-state index is -0.582. The minimum Gasteiger partial charge on any atom is -0.354 e. The first-order valence-corrected chi connectivity index (χ1v) is 10.6. The molecule has 0 unspecified atom stereocenters. The molecule has 2 aromatic carbocycles. The Morgan fingerprint density at radius 3 is 2.48 bits per heavy atom. The maximum atomic E-state index is 13.2. The van der Waals surface area contributed by atoms with E-state index in [1.807, 2.05) is 31.2 Å². The van der Waals surface area contributed by atoms with Crippen molar-refractivity contribution < 1.29 is 9.59 Å². The van der Waals surface area contributed by atoms with Crippen molar-refractivity contribution in [3.8, 4) is 0 Å². The first kappa shape index (κ1) is 23.2. The van der Waals surface area contributed by atoms with E-state index >= 15 is 0 Å². The fraction of sp³-hybridized carbons (Fsp3) is 0.391. The number of hydrogen-bond acceptors (Lipinski definition) is 2. The number of nitrogens with zero attached hydrogens (tertiary/aromatic N) is 1. The average Bonchev–Trinajstić information content (AvgIpc) is 2.69. The lowest BCUT2D eigenvalue weighted by Crippen LogP contribution is -2.48. The Morgan fingerprint density at radius 1 is 1.10 bits per heavy atom. The molecular weight excluding hydrogens is 407 g/mol. The van der Waals surface area contributed by atoms with E-state index in [4.69, 9.17) is 23.2 Å². The van der Waals surface area contributed by atoms with Crippen LogP contribution in [-0.4, -0.2) is 29.3 Å². The predicted molar refractivity (Wildman–Crippen MR) is 119 cm³/mol. The van der Waals surface area contributed by atoms with Gasteiger partial charge in [-0.05, 0) is 49.1 Å². The number of carbonyl (C=O) groups excluding carboxylic acids is 2. The minimum absolute atomic E-state index is 0.134. The average molecular weight is 435 g/mol. The number of halogens is 2. The SMILES string of the molecule is CCCCNC(=O)[C@H](C)N(Cc1ccccc1C)C(=O)Cc1ccc(Cl)c(Cl)c1. The standard InChI is InChI=1S/C23H28Cl2N2O2/c1-4-5-12-26-23(29)17(3)27(15-19-9-7-6-8-16(19)2)22(28)14-18-10-11-20(24)21(25)13-18/h6-11,13,17H,4-5,12,14-15H2,1-3H3,(H,26,29)/t17-/m0/s1. The molecule has 0 saturated heterocycles. The summed E-state index contributed by atoms with van der Waals surface area (Å²) in [5.74, 6) is -0.278. The summed E-state index contributed by atoms with van der Waals surface area (Å²) < 4.78 is 0. The monoisotopic (exact) mass is 434 g/mol. The lowest BCUT2D eigenvalue weighted by molar-refractivity contribution is -0.140. The molecule has 2 amide bonds. The summed E-state index contributed by atoms with van der Waals surface area (Å²) in [6, 6.07) is 12.5. The van der Waals surface area contributed by atoms with Gasteiger partial charge in [0.25, 0.3) is 0 Å². The van der Waals surface area contributed by atoms with Gasteiger partial charge in [0.15, 0.2) is 0 Å².